The van der Waals surface area contributed by atoms with E-state index in [1.807, 2.05) is 30.3 Å². The molecule has 0 heterocycles. The van der Waals surface area contributed by atoms with Crippen LogP contribution in [0.25, 0.3) is 0 Å². The zero-order valence-corrected chi connectivity index (χ0v) is 5.66. The first-order valence-corrected chi connectivity index (χ1v) is 3.22. The molecule has 0 aliphatic rings. The van der Waals surface area contributed by atoms with Gasteiger partial charge in [-0.3, -0.25) is 0 Å². The van der Waals surface area contributed by atoms with E-state index in [0.717, 1.165) is 5.75 Å². The third kappa shape index (κ3) is 4.64. The number of aliphatic hydroxyl groups is 1. The van der Waals surface area contributed by atoms with Crippen LogP contribution in [-0.2, 0) is 0 Å². The van der Waals surface area contributed by atoms with E-state index in [9.17, 15) is 0 Å². The third-order valence-corrected chi connectivity index (χ3v) is 1.10. The van der Waals surface area contributed by atoms with Crippen molar-refractivity contribution in [3.63, 3.8) is 0 Å². The van der Waals surface area contributed by atoms with Gasteiger partial charge in [-0.1, -0.05) is 18.2 Å². The minimum atomic E-state index is 0. The fourth-order valence-electron chi connectivity index (χ4n) is 0.680. The molecule has 0 fully saturated rings. The zero-order chi connectivity index (χ0) is 7.23. The van der Waals surface area contributed by atoms with Crippen LogP contribution in [0, 0.1) is 0 Å². The predicted octanol–water partition coefficient (Wildman–Crippen LogP) is 0.141. The van der Waals surface area contributed by atoms with Gasteiger partial charge in [0.1, 0.15) is 12.4 Å². The number of hydrogen-bond donors (Lipinski definition) is 1. The van der Waals surface area contributed by atoms with Gasteiger partial charge in [0, 0.05) is 0 Å². The summed E-state index contributed by atoms with van der Waals surface area (Å²) in [6, 6.07) is 9.43. The van der Waals surface area contributed by atoms with Crippen LogP contribution in [0.15, 0.2) is 30.3 Å². The number of benzene rings is 1. The summed E-state index contributed by atoms with van der Waals surface area (Å²) in [4.78, 5) is 0. The van der Waals surface area contributed by atoms with Gasteiger partial charge in [-0.2, -0.15) is 0 Å². The van der Waals surface area contributed by atoms with Gasteiger partial charge in [0.2, 0.25) is 0 Å². The Morgan fingerprint density at radius 2 is 1.82 bits per heavy atom. The SMILES string of the molecule is OCCOc1ccccc1.[CaH2]. The Labute approximate surface area is 96.2 Å². The van der Waals surface area contributed by atoms with Gasteiger partial charge in [-0.05, 0) is 12.1 Å². The quantitative estimate of drug-likeness (QED) is 0.671. The molecule has 2 nitrogen and oxygen atoms in total. The van der Waals surface area contributed by atoms with E-state index in [1.54, 1.807) is 0 Å². The molecular formula is C8H12CaO2. The maximum atomic E-state index is 8.40. The molecule has 1 aromatic carbocycles. The molecule has 0 bridgehead atoms. The van der Waals surface area contributed by atoms with E-state index >= 15 is 0 Å². The van der Waals surface area contributed by atoms with Crippen molar-refractivity contribution in [1.29, 1.82) is 0 Å². The second-order valence-corrected chi connectivity index (χ2v) is 1.89. The van der Waals surface area contributed by atoms with Gasteiger partial charge in [0.05, 0.1) is 6.61 Å². The van der Waals surface area contributed by atoms with Crippen molar-refractivity contribution in [2.24, 2.45) is 0 Å². The molecule has 1 rings (SSSR count). The first-order chi connectivity index (χ1) is 4.93. The predicted molar refractivity (Wildman–Crippen MR) is 47.6 cm³/mol. The summed E-state index contributed by atoms with van der Waals surface area (Å²) in [6.07, 6.45) is 0. The van der Waals surface area contributed by atoms with Crippen molar-refractivity contribution in [2.75, 3.05) is 13.2 Å². The normalized spacial score (nSPS) is 8.45. The Hall–Kier alpha value is 0.240. The molecule has 0 radical (unpaired) electrons. The van der Waals surface area contributed by atoms with Crippen LogP contribution in [0.3, 0.4) is 0 Å². The average molecular weight is 180 g/mol. The molecule has 11 heavy (non-hydrogen) atoms. The van der Waals surface area contributed by atoms with Gasteiger partial charge in [0.25, 0.3) is 0 Å². The third-order valence-electron chi connectivity index (χ3n) is 1.10. The zero-order valence-electron chi connectivity index (χ0n) is 5.66. The average Bonchev–Trinajstić information content (AvgIpc) is 2.03. The maximum absolute atomic E-state index is 8.40. The molecule has 1 aromatic rings. The van der Waals surface area contributed by atoms with Crippen molar-refractivity contribution in [1.82, 2.24) is 0 Å². The molecule has 0 atom stereocenters. The Bertz CT molecular complexity index is 177. The monoisotopic (exact) mass is 180 g/mol. The van der Waals surface area contributed by atoms with E-state index in [2.05, 4.69) is 0 Å². The molecule has 0 amide bonds. The van der Waals surface area contributed by atoms with E-state index in [0.29, 0.717) is 6.61 Å². The Kier molecular flexibility index (Phi) is 7.07. The van der Waals surface area contributed by atoms with Crippen LogP contribution < -0.4 is 4.74 Å². The molecule has 1 N–H and O–H groups in total. The molecule has 0 spiro atoms. The van der Waals surface area contributed by atoms with Crippen LogP contribution in [0.2, 0.25) is 0 Å². The molecule has 0 aromatic heterocycles. The summed E-state index contributed by atoms with van der Waals surface area (Å²) in [5.74, 6) is 0.802. The van der Waals surface area contributed by atoms with Gasteiger partial charge >= 0.3 is 37.7 Å². The van der Waals surface area contributed by atoms with Crippen LogP contribution in [0.1, 0.15) is 0 Å². The Morgan fingerprint density at radius 1 is 1.18 bits per heavy atom. The van der Waals surface area contributed by atoms with Gasteiger partial charge < -0.3 is 9.84 Å². The first-order valence-electron chi connectivity index (χ1n) is 3.22. The summed E-state index contributed by atoms with van der Waals surface area (Å²) in [6.45, 7) is 0.429. The minimum absolute atomic E-state index is 0. The molecular weight excluding hydrogens is 168 g/mol. The van der Waals surface area contributed by atoms with Crippen molar-refractivity contribution in [2.45, 2.75) is 0 Å². The number of aliphatic hydroxyl groups excluding tert-OH is 1. The Balaban J connectivity index is 0.000001000. The number of ether oxygens (including phenoxy) is 1. The fraction of sp³-hybridized carbons (Fsp3) is 0.250. The summed E-state index contributed by atoms with van der Waals surface area (Å²) < 4.78 is 5.11. The molecule has 0 unspecified atom stereocenters. The molecule has 0 saturated heterocycles. The number of para-hydroxylation sites is 1. The van der Waals surface area contributed by atoms with Crippen molar-refractivity contribution in [3.8, 4) is 5.75 Å². The van der Waals surface area contributed by atoms with Gasteiger partial charge in [-0.25, -0.2) is 0 Å². The van der Waals surface area contributed by atoms with E-state index in [-0.39, 0.29) is 44.3 Å². The van der Waals surface area contributed by atoms with Crippen molar-refractivity contribution < 1.29 is 9.84 Å². The summed E-state index contributed by atoms with van der Waals surface area (Å²) in [7, 11) is 0. The number of rotatable bonds is 3. The van der Waals surface area contributed by atoms with E-state index in [1.165, 1.54) is 0 Å². The molecule has 0 aliphatic heterocycles. The summed E-state index contributed by atoms with van der Waals surface area (Å²) in [5, 5.41) is 8.40. The van der Waals surface area contributed by atoms with Crippen LogP contribution >= 0.6 is 0 Å². The Morgan fingerprint density at radius 3 is 2.36 bits per heavy atom. The topological polar surface area (TPSA) is 29.5 Å². The van der Waals surface area contributed by atoms with Crippen LogP contribution in [0.4, 0.5) is 0 Å². The fourth-order valence-corrected chi connectivity index (χ4v) is 0.680. The first kappa shape index (κ1) is 11.2. The second-order valence-electron chi connectivity index (χ2n) is 1.89. The second kappa shape index (κ2) is 6.92. The van der Waals surface area contributed by atoms with Gasteiger partial charge in [0.15, 0.2) is 0 Å². The van der Waals surface area contributed by atoms with Crippen LogP contribution in [-0.4, -0.2) is 56.1 Å². The molecule has 3 heteroatoms. The molecule has 58 valence electrons. The summed E-state index contributed by atoms with van der Waals surface area (Å²) >= 11 is 0. The van der Waals surface area contributed by atoms with Crippen molar-refractivity contribution >= 4 is 37.7 Å². The molecule has 0 saturated carbocycles. The summed E-state index contributed by atoms with van der Waals surface area (Å²) in [5.41, 5.74) is 0. The van der Waals surface area contributed by atoms with Crippen LogP contribution in [0.5, 0.6) is 5.75 Å². The van der Waals surface area contributed by atoms with Gasteiger partial charge in [-0.15, -0.1) is 0 Å². The van der Waals surface area contributed by atoms with E-state index in [4.69, 9.17) is 9.84 Å². The standard InChI is InChI=1S/C8H10O2.Ca.2H/c9-6-7-10-8-4-2-1-3-5-8;;;/h1-5,9H,6-7H2;;;. The van der Waals surface area contributed by atoms with Crippen molar-refractivity contribution in [3.05, 3.63) is 30.3 Å². The molecule has 0 aliphatic carbocycles. The van der Waals surface area contributed by atoms with E-state index < -0.39 is 0 Å². The number of hydrogen-bond acceptors (Lipinski definition) is 2.